The molecule has 0 saturated carbocycles. The minimum Gasteiger partial charge on any atom is -0.339 e. The van der Waals surface area contributed by atoms with Crippen LogP contribution in [0.15, 0.2) is 59.5 Å². The van der Waals surface area contributed by atoms with E-state index in [0.717, 1.165) is 10.1 Å². The molecule has 2 aliphatic rings. The van der Waals surface area contributed by atoms with Gasteiger partial charge in [0.1, 0.15) is 6.04 Å². The average molecular weight is 594 g/mol. The minimum atomic E-state index is -3.98. The summed E-state index contributed by atoms with van der Waals surface area (Å²) >= 11 is 1.38. The van der Waals surface area contributed by atoms with E-state index in [1.165, 1.54) is 35.6 Å². The summed E-state index contributed by atoms with van der Waals surface area (Å²) in [5, 5.41) is 13.0. The highest BCUT2D eigenvalue weighted by Crippen LogP contribution is 2.45. The largest absolute Gasteiger partial charge is 0.339 e. The molecule has 3 atom stereocenters. The second kappa shape index (κ2) is 10.2. The van der Waals surface area contributed by atoms with Crippen molar-refractivity contribution >= 4 is 49.2 Å². The highest BCUT2D eigenvalue weighted by molar-refractivity contribution is 7.89. The van der Waals surface area contributed by atoms with Crippen molar-refractivity contribution in [3.63, 3.8) is 0 Å². The summed E-state index contributed by atoms with van der Waals surface area (Å²) in [6, 6.07) is 16.0. The molecular weight excluding hydrogens is 562 g/mol. The zero-order valence-electron chi connectivity index (χ0n) is 23.2. The van der Waals surface area contributed by atoms with Crippen LogP contribution >= 0.6 is 11.3 Å². The number of hydrogen-bond acceptors (Lipinski definition) is 7. The van der Waals surface area contributed by atoms with Crippen LogP contribution in [0.5, 0.6) is 0 Å². The van der Waals surface area contributed by atoms with Crippen molar-refractivity contribution in [2.75, 3.05) is 19.6 Å². The Morgan fingerprint density at radius 1 is 1.15 bits per heavy atom. The Labute approximate surface area is 243 Å². The molecule has 2 N–H and O–H groups in total. The smallest absolute Gasteiger partial charge is 0.262 e. The number of fused-ring (bicyclic) bond motifs is 2. The van der Waals surface area contributed by atoms with E-state index in [-0.39, 0.29) is 34.9 Å². The third-order valence-electron chi connectivity index (χ3n) is 7.87. The molecular formula is C29H31N5O5S2. The van der Waals surface area contributed by atoms with Gasteiger partial charge in [0.25, 0.3) is 5.91 Å². The highest BCUT2D eigenvalue weighted by Gasteiger charge is 2.65. The number of nitrogens with one attached hydrogen (secondary N) is 2. The van der Waals surface area contributed by atoms with Gasteiger partial charge in [0.05, 0.1) is 39.5 Å². The third kappa shape index (κ3) is 5.21. The van der Waals surface area contributed by atoms with Gasteiger partial charge in [-0.3, -0.25) is 14.4 Å². The average Bonchev–Trinajstić information content (AvgIpc) is 3.37. The molecule has 0 radical (unpaired) electrons. The number of sulfonamides is 1. The Morgan fingerprint density at radius 2 is 1.88 bits per heavy atom. The van der Waals surface area contributed by atoms with Crippen molar-refractivity contribution in [1.29, 1.82) is 5.26 Å². The quantitative estimate of drug-likeness (QED) is 0.432. The topological polar surface area (TPSA) is 140 Å². The number of carbonyl (C=O) groups is 3. The number of carbonyl (C=O) groups excluding carboxylic acids is 3. The summed E-state index contributed by atoms with van der Waals surface area (Å²) in [6.45, 7) is 7.71. The van der Waals surface area contributed by atoms with Gasteiger partial charge in [0.15, 0.2) is 0 Å². The zero-order valence-corrected chi connectivity index (χ0v) is 24.8. The monoisotopic (exact) mass is 593 g/mol. The van der Waals surface area contributed by atoms with Crippen molar-refractivity contribution in [2.45, 2.75) is 50.2 Å². The van der Waals surface area contributed by atoms with Crippen molar-refractivity contribution in [3.05, 3.63) is 65.0 Å². The van der Waals surface area contributed by atoms with Gasteiger partial charge in [-0.05, 0) is 48.1 Å². The van der Waals surface area contributed by atoms with Crippen LogP contribution in [-0.2, 0) is 19.6 Å². The molecule has 41 heavy (non-hydrogen) atoms. The Kier molecular flexibility index (Phi) is 7.18. The number of nitrogens with zero attached hydrogens (tertiary/aromatic N) is 3. The molecule has 12 heteroatoms. The van der Waals surface area contributed by atoms with Crippen LogP contribution in [0, 0.1) is 16.7 Å². The number of amides is 3. The Morgan fingerprint density at radius 3 is 2.51 bits per heavy atom. The van der Waals surface area contributed by atoms with Crippen molar-refractivity contribution < 1.29 is 22.8 Å². The molecule has 2 unspecified atom stereocenters. The summed E-state index contributed by atoms with van der Waals surface area (Å²) in [7, 11) is -3.98. The summed E-state index contributed by atoms with van der Waals surface area (Å²) < 4.78 is 28.6. The van der Waals surface area contributed by atoms with Crippen LogP contribution in [0.2, 0.25) is 0 Å². The van der Waals surface area contributed by atoms with E-state index in [2.05, 4.69) is 10.0 Å². The van der Waals surface area contributed by atoms with Crippen LogP contribution < -0.4 is 10.0 Å². The number of rotatable bonds is 7. The predicted molar refractivity (Wildman–Crippen MR) is 154 cm³/mol. The van der Waals surface area contributed by atoms with Gasteiger partial charge in [0.2, 0.25) is 21.8 Å². The lowest BCUT2D eigenvalue weighted by molar-refractivity contribution is -0.206. The third-order valence-corrected chi connectivity index (χ3v) is 10.4. The number of nitriles is 1. The maximum atomic E-state index is 13.7. The first-order chi connectivity index (χ1) is 19.2. The molecule has 2 fully saturated rings. The van der Waals surface area contributed by atoms with Gasteiger partial charge < -0.3 is 15.1 Å². The molecule has 5 rings (SSSR count). The number of benzene rings is 2. The molecule has 1 aromatic heterocycles. The fourth-order valence-electron chi connectivity index (χ4n) is 5.39. The molecule has 0 aliphatic carbocycles. The second-order valence-corrected chi connectivity index (χ2v) is 14.6. The van der Waals surface area contributed by atoms with Crippen LogP contribution in [0.3, 0.4) is 0 Å². The molecule has 3 heterocycles. The summed E-state index contributed by atoms with van der Waals surface area (Å²) in [5.41, 5.74) is -0.963. The first kappa shape index (κ1) is 28.7. The first-order valence-electron chi connectivity index (χ1n) is 13.1. The second-order valence-electron chi connectivity index (χ2n) is 11.7. The van der Waals surface area contributed by atoms with Crippen molar-refractivity contribution in [1.82, 2.24) is 19.8 Å². The van der Waals surface area contributed by atoms with Gasteiger partial charge in [0, 0.05) is 17.8 Å². The summed E-state index contributed by atoms with van der Waals surface area (Å²) in [5.74, 6) is -0.916. The normalized spacial score (nSPS) is 20.8. The van der Waals surface area contributed by atoms with Crippen LogP contribution in [0.1, 0.15) is 42.9 Å². The van der Waals surface area contributed by atoms with E-state index < -0.39 is 39.5 Å². The fraction of sp³-hybridized carbons (Fsp3) is 0.379. The first-order valence-corrected chi connectivity index (χ1v) is 15.4. The van der Waals surface area contributed by atoms with Crippen LogP contribution in [-0.4, -0.2) is 73.2 Å². The van der Waals surface area contributed by atoms with Crippen molar-refractivity contribution in [2.24, 2.45) is 5.41 Å². The minimum absolute atomic E-state index is 0.0934. The van der Waals surface area contributed by atoms with Gasteiger partial charge in [-0.1, -0.05) is 45.0 Å². The van der Waals surface area contributed by atoms with Crippen molar-refractivity contribution in [3.8, 4) is 6.07 Å². The molecule has 0 spiro atoms. The maximum absolute atomic E-state index is 13.7. The summed E-state index contributed by atoms with van der Waals surface area (Å²) in [6.07, 6.45) is 0. The molecule has 3 aromatic rings. The molecule has 10 nitrogen and oxygen atoms in total. The SMILES string of the molecule is CC(C)(C)C(NC(=O)c1cc2ccccc2s1)C(=O)N1C[C@H]2N(C(=O)CNS(=O)(=O)c3cccc(C#N)c3)CC21C. The van der Waals surface area contributed by atoms with E-state index in [4.69, 9.17) is 5.26 Å². The Balaban J connectivity index is 1.21. The fourth-order valence-corrected chi connectivity index (χ4v) is 7.38. The van der Waals surface area contributed by atoms with E-state index in [0.29, 0.717) is 11.4 Å². The van der Waals surface area contributed by atoms with Gasteiger partial charge >= 0.3 is 0 Å². The lowest BCUT2D eigenvalue weighted by Gasteiger charge is -2.69. The molecule has 2 aromatic carbocycles. The van der Waals surface area contributed by atoms with E-state index in [9.17, 15) is 22.8 Å². The number of thiophene rings is 1. The predicted octanol–water partition coefficient (Wildman–Crippen LogP) is 2.71. The van der Waals surface area contributed by atoms with Crippen LogP contribution in [0.25, 0.3) is 10.1 Å². The Hall–Kier alpha value is -3.79. The van der Waals surface area contributed by atoms with E-state index in [1.807, 2.05) is 64.1 Å². The maximum Gasteiger partial charge on any atom is 0.262 e. The molecule has 3 amide bonds. The Bertz CT molecular complexity index is 1670. The lowest BCUT2D eigenvalue weighted by Crippen LogP contribution is -2.89. The molecule has 214 valence electrons. The lowest BCUT2D eigenvalue weighted by atomic mass is 9.70. The van der Waals surface area contributed by atoms with E-state index in [1.54, 1.807) is 9.80 Å². The number of piperazine rings is 1. The standard InChI is InChI=1S/C29H31N5O5S2/c1-28(2,3)25(32-26(36)22-13-19-9-5-6-11-21(19)40-22)27(37)34-16-23-29(34,4)17-33(23)24(35)15-31-41(38,39)20-10-7-8-18(12-20)14-30/h5-13,23,25,31H,15-17H2,1-4H3,(H,32,36)/t23-,25?,29?/m1/s1. The van der Waals surface area contributed by atoms with Gasteiger partial charge in [-0.15, -0.1) is 11.3 Å². The number of likely N-dealkylation sites (tertiary alicyclic amines) is 2. The highest BCUT2D eigenvalue weighted by atomic mass is 32.2. The number of hydrogen-bond donors (Lipinski definition) is 2. The van der Waals surface area contributed by atoms with Gasteiger partial charge in [-0.2, -0.15) is 5.26 Å². The molecule has 2 aliphatic heterocycles. The summed E-state index contributed by atoms with van der Waals surface area (Å²) in [4.78, 5) is 43.5. The zero-order chi connectivity index (χ0) is 29.7. The van der Waals surface area contributed by atoms with E-state index >= 15 is 0 Å². The molecule has 0 bridgehead atoms. The molecule has 2 saturated heterocycles. The van der Waals surface area contributed by atoms with Gasteiger partial charge in [-0.25, -0.2) is 13.1 Å². The van der Waals surface area contributed by atoms with Crippen LogP contribution in [0.4, 0.5) is 0 Å².